The second kappa shape index (κ2) is 9.69. The summed E-state index contributed by atoms with van der Waals surface area (Å²) in [5, 5.41) is 0.523. The Morgan fingerprint density at radius 1 is 1.03 bits per heavy atom. The van der Waals surface area contributed by atoms with Crippen LogP contribution in [0.1, 0.15) is 29.0 Å². The van der Waals surface area contributed by atoms with E-state index in [0.717, 1.165) is 0 Å². The number of nitrogens with zero attached hydrogens (tertiary/aromatic N) is 1. The second-order valence-electron chi connectivity index (χ2n) is 6.54. The van der Waals surface area contributed by atoms with Crippen LogP contribution in [-0.2, 0) is 16.0 Å². The number of carbonyl (C=O) groups is 2. The van der Waals surface area contributed by atoms with Crippen molar-refractivity contribution in [2.75, 3.05) is 20.8 Å². The molecule has 0 saturated heterocycles. The molecule has 0 atom stereocenters. The van der Waals surface area contributed by atoms with E-state index < -0.39 is 5.97 Å². The number of ether oxygens (including phenoxy) is 3. The van der Waals surface area contributed by atoms with E-state index in [-0.39, 0.29) is 24.4 Å². The van der Waals surface area contributed by atoms with Crippen LogP contribution in [0, 0.1) is 0 Å². The number of hydrogen-bond donors (Lipinski definition) is 1. The minimum Gasteiger partial charge on any atom is -0.493 e. The number of benzene rings is 2. The summed E-state index contributed by atoms with van der Waals surface area (Å²) in [6.45, 7) is -0.362. The van der Waals surface area contributed by atoms with Gasteiger partial charge in [0.2, 0.25) is 0 Å². The van der Waals surface area contributed by atoms with Gasteiger partial charge in [0.25, 0.3) is 5.56 Å². The maximum Gasteiger partial charge on any atom is 0.306 e. The quantitative estimate of drug-likeness (QED) is 0.427. The third-order valence-electron chi connectivity index (χ3n) is 4.53. The number of nitrogens with one attached hydrogen (secondary N) is 1. The number of para-hydroxylation sites is 1. The molecule has 3 rings (SSSR count). The highest BCUT2D eigenvalue weighted by Gasteiger charge is 2.13. The normalized spacial score (nSPS) is 10.6. The van der Waals surface area contributed by atoms with Gasteiger partial charge in [0.15, 0.2) is 23.9 Å². The molecule has 0 aliphatic heterocycles. The van der Waals surface area contributed by atoms with E-state index in [1.54, 1.807) is 30.3 Å². The fourth-order valence-corrected chi connectivity index (χ4v) is 2.96. The number of aromatic nitrogens is 2. The Bertz CT molecular complexity index is 1120. The van der Waals surface area contributed by atoms with Gasteiger partial charge in [-0.3, -0.25) is 14.4 Å². The van der Waals surface area contributed by atoms with Crippen molar-refractivity contribution in [1.29, 1.82) is 0 Å². The van der Waals surface area contributed by atoms with Crippen molar-refractivity contribution in [2.45, 2.75) is 19.3 Å². The fourth-order valence-electron chi connectivity index (χ4n) is 2.96. The Kier molecular flexibility index (Phi) is 6.79. The van der Waals surface area contributed by atoms with Crippen molar-refractivity contribution in [2.24, 2.45) is 0 Å². The lowest BCUT2D eigenvalue weighted by Crippen LogP contribution is -2.15. The molecule has 0 aliphatic rings. The number of methoxy groups -OCH3 is 2. The predicted molar refractivity (Wildman–Crippen MR) is 110 cm³/mol. The zero-order chi connectivity index (χ0) is 21.5. The number of ketones is 1. The van der Waals surface area contributed by atoms with Crippen LogP contribution in [0.5, 0.6) is 11.5 Å². The van der Waals surface area contributed by atoms with Gasteiger partial charge in [-0.2, -0.15) is 0 Å². The topological polar surface area (TPSA) is 108 Å². The smallest absolute Gasteiger partial charge is 0.306 e. The average molecular weight is 410 g/mol. The van der Waals surface area contributed by atoms with Crippen LogP contribution in [0.15, 0.2) is 47.3 Å². The molecule has 0 amide bonds. The van der Waals surface area contributed by atoms with Crippen molar-refractivity contribution in [3.8, 4) is 11.5 Å². The summed E-state index contributed by atoms with van der Waals surface area (Å²) in [6.07, 6.45) is 0.958. The SMILES string of the molecule is COc1ccc(C(=O)COC(=O)CCCc2nc3ccccc3c(=O)[nH]2)cc1OC. The largest absolute Gasteiger partial charge is 0.493 e. The Hall–Kier alpha value is -3.68. The van der Waals surface area contributed by atoms with Crippen molar-refractivity contribution >= 4 is 22.7 Å². The summed E-state index contributed by atoms with van der Waals surface area (Å²) in [4.78, 5) is 43.4. The summed E-state index contributed by atoms with van der Waals surface area (Å²) in [5.41, 5.74) is 0.761. The number of fused-ring (bicyclic) bond motifs is 1. The van der Waals surface area contributed by atoms with Gasteiger partial charge in [-0.05, 0) is 36.8 Å². The zero-order valence-electron chi connectivity index (χ0n) is 16.8. The van der Waals surface area contributed by atoms with E-state index in [1.807, 2.05) is 6.07 Å². The molecule has 0 aliphatic carbocycles. The lowest BCUT2D eigenvalue weighted by Gasteiger charge is -2.09. The molecule has 3 aromatic rings. The summed E-state index contributed by atoms with van der Waals surface area (Å²) < 4.78 is 15.4. The van der Waals surface area contributed by atoms with Crippen LogP contribution in [0.4, 0.5) is 0 Å². The van der Waals surface area contributed by atoms with Gasteiger partial charge >= 0.3 is 5.97 Å². The molecule has 1 aromatic heterocycles. The van der Waals surface area contributed by atoms with Crippen LogP contribution >= 0.6 is 0 Å². The van der Waals surface area contributed by atoms with E-state index in [1.165, 1.54) is 20.3 Å². The molecule has 0 spiro atoms. The first-order chi connectivity index (χ1) is 14.5. The molecule has 0 fully saturated rings. The van der Waals surface area contributed by atoms with Gasteiger partial charge in [-0.25, -0.2) is 4.98 Å². The maximum atomic E-state index is 12.3. The monoisotopic (exact) mass is 410 g/mol. The average Bonchev–Trinajstić information content (AvgIpc) is 2.77. The first-order valence-electron chi connectivity index (χ1n) is 9.40. The Morgan fingerprint density at radius 2 is 1.80 bits per heavy atom. The van der Waals surface area contributed by atoms with Crippen molar-refractivity contribution < 1.29 is 23.8 Å². The van der Waals surface area contributed by atoms with E-state index in [9.17, 15) is 14.4 Å². The number of aromatic amines is 1. The highest BCUT2D eigenvalue weighted by Crippen LogP contribution is 2.27. The number of hydrogen-bond acceptors (Lipinski definition) is 7. The summed E-state index contributed by atoms with van der Waals surface area (Å²) in [6, 6.07) is 11.8. The van der Waals surface area contributed by atoms with Gasteiger partial charge in [0.1, 0.15) is 5.82 Å². The standard InChI is InChI=1S/C22H22N2O6/c1-28-18-11-10-14(12-19(18)29-2)17(25)13-30-21(26)9-5-8-20-23-16-7-4-3-6-15(16)22(27)24-20/h3-4,6-7,10-12H,5,8-9,13H2,1-2H3,(H,23,24,27). The number of Topliss-reactive ketones (excluding diaryl/α,β-unsaturated/α-hetero) is 1. The number of H-pyrrole nitrogens is 1. The highest BCUT2D eigenvalue weighted by atomic mass is 16.5. The number of carbonyl (C=O) groups excluding carboxylic acids is 2. The molecule has 1 heterocycles. The molecular weight excluding hydrogens is 388 g/mol. The first kappa shape index (κ1) is 21.0. The van der Waals surface area contributed by atoms with Crippen molar-refractivity contribution in [1.82, 2.24) is 9.97 Å². The lowest BCUT2D eigenvalue weighted by molar-refractivity contribution is -0.142. The summed E-state index contributed by atoms with van der Waals surface area (Å²) in [7, 11) is 2.98. The van der Waals surface area contributed by atoms with E-state index in [2.05, 4.69) is 9.97 Å². The van der Waals surface area contributed by atoms with Gasteiger partial charge in [0, 0.05) is 18.4 Å². The van der Waals surface area contributed by atoms with Crippen LogP contribution in [-0.4, -0.2) is 42.5 Å². The molecule has 0 unspecified atom stereocenters. The summed E-state index contributed by atoms with van der Waals surface area (Å²) in [5.74, 6) is 0.600. The van der Waals surface area contributed by atoms with Crippen LogP contribution in [0.3, 0.4) is 0 Å². The molecule has 8 nitrogen and oxygen atoms in total. The Balaban J connectivity index is 1.49. The molecular formula is C22H22N2O6. The molecule has 1 N–H and O–H groups in total. The zero-order valence-corrected chi connectivity index (χ0v) is 16.8. The maximum absolute atomic E-state index is 12.3. The Labute approximate surface area is 172 Å². The second-order valence-corrected chi connectivity index (χ2v) is 6.54. The van der Waals surface area contributed by atoms with E-state index in [4.69, 9.17) is 14.2 Å². The molecule has 2 aromatic carbocycles. The van der Waals surface area contributed by atoms with Crippen molar-refractivity contribution in [3.05, 3.63) is 64.2 Å². The third-order valence-corrected chi connectivity index (χ3v) is 4.53. The van der Waals surface area contributed by atoms with Crippen LogP contribution < -0.4 is 15.0 Å². The van der Waals surface area contributed by atoms with Gasteiger partial charge in [0.05, 0.1) is 25.1 Å². The highest BCUT2D eigenvalue weighted by molar-refractivity contribution is 5.98. The van der Waals surface area contributed by atoms with Gasteiger partial charge in [-0.1, -0.05) is 12.1 Å². The number of aryl methyl sites for hydroxylation is 1. The van der Waals surface area contributed by atoms with E-state index >= 15 is 0 Å². The number of rotatable bonds is 9. The molecule has 8 heteroatoms. The fraction of sp³-hybridized carbons (Fsp3) is 0.273. The summed E-state index contributed by atoms with van der Waals surface area (Å²) >= 11 is 0. The Morgan fingerprint density at radius 3 is 2.57 bits per heavy atom. The van der Waals surface area contributed by atoms with Crippen LogP contribution in [0.25, 0.3) is 10.9 Å². The first-order valence-corrected chi connectivity index (χ1v) is 9.40. The molecule has 0 bridgehead atoms. The minimum atomic E-state index is -0.494. The third kappa shape index (κ3) is 5.02. The van der Waals surface area contributed by atoms with Crippen molar-refractivity contribution in [3.63, 3.8) is 0 Å². The molecule has 0 radical (unpaired) electrons. The molecule has 30 heavy (non-hydrogen) atoms. The van der Waals surface area contributed by atoms with E-state index in [0.29, 0.717) is 46.6 Å². The predicted octanol–water partition coefficient (Wildman–Crippen LogP) is 2.69. The molecule has 0 saturated carbocycles. The van der Waals surface area contributed by atoms with Gasteiger partial charge < -0.3 is 19.2 Å². The molecule has 156 valence electrons. The van der Waals surface area contributed by atoms with Crippen LogP contribution in [0.2, 0.25) is 0 Å². The lowest BCUT2D eigenvalue weighted by atomic mass is 10.1. The van der Waals surface area contributed by atoms with Gasteiger partial charge in [-0.15, -0.1) is 0 Å². The minimum absolute atomic E-state index is 0.107. The number of esters is 1.